The Kier molecular flexibility index (Phi) is 6.27. The number of amides is 2. The van der Waals surface area contributed by atoms with Crippen molar-refractivity contribution in [2.75, 3.05) is 5.32 Å². The average molecular weight is 413 g/mol. The molecule has 1 atom stereocenters. The van der Waals surface area contributed by atoms with Crippen molar-refractivity contribution < 1.29 is 9.59 Å². The van der Waals surface area contributed by atoms with Crippen LogP contribution in [0.1, 0.15) is 51.2 Å². The van der Waals surface area contributed by atoms with Gasteiger partial charge in [0.15, 0.2) is 5.17 Å². The van der Waals surface area contributed by atoms with Gasteiger partial charge in [0, 0.05) is 12.1 Å². The van der Waals surface area contributed by atoms with Gasteiger partial charge in [-0.1, -0.05) is 43.3 Å². The predicted octanol–water partition coefficient (Wildman–Crippen LogP) is 4.34. The maximum absolute atomic E-state index is 12.4. The minimum atomic E-state index is -0.501. The number of nitrogens with one attached hydrogen (secondary N) is 2. The lowest BCUT2D eigenvalue weighted by molar-refractivity contribution is -0.122. The van der Waals surface area contributed by atoms with Crippen LogP contribution in [-0.4, -0.2) is 27.9 Å². The molecule has 3 rings (SSSR count). The number of thioether (sulfide) groups is 1. The molecule has 2 N–H and O–H groups in total. The van der Waals surface area contributed by atoms with Crippen molar-refractivity contribution >= 4 is 40.1 Å². The van der Waals surface area contributed by atoms with E-state index < -0.39 is 5.25 Å². The van der Waals surface area contributed by atoms with E-state index in [4.69, 9.17) is 0 Å². The van der Waals surface area contributed by atoms with Crippen molar-refractivity contribution in [2.45, 2.75) is 59.1 Å². The molecule has 0 bridgehead atoms. The third-order valence-corrected chi connectivity index (χ3v) is 5.99. The summed E-state index contributed by atoms with van der Waals surface area (Å²) in [7, 11) is 0. The van der Waals surface area contributed by atoms with Crippen molar-refractivity contribution in [3.8, 4) is 0 Å². The summed E-state index contributed by atoms with van der Waals surface area (Å²) in [5.41, 5.74) is 5.20. The van der Waals surface area contributed by atoms with Crippen molar-refractivity contribution in [1.29, 1.82) is 0 Å². The van der Waals surface area contributed by atoms with E-state index in [2.05, 4.69) is 47.7 Å². The van der Waals surface area contributed by atoms with E-state index >= 15 is 0 Å². The molecule has 1 aliphatic carbocycles. The molecule has 1 aromatic carbocycles. The maximum atomic E-state index is 12.4. The zero-order valence-electron chi connectivity index (χ0n) is 17.6. The lowest BCUT2D eigenvalue weighted by atomic mass is 9.77. The Morgan fingerprint density at radius 3 is 2.72 bits per heavy atom. The Morgan fingerprint density at radius 1 is 1.24 bits per heavy atom. The third-order valence-electron chi connectivity index (χ3n) is 4.91. The molecule has 7 heteroatoms. The van der Waals surface area contributed by atoms with Crippen LogP contribution in [0.4, 0.5) is 5.69 Å². The molecule has 6 nitrogen and oxygen atoms in total. The molecule has 2 aliphatic rings. The van der Waals surface area contributed by atoms with E-state index in [0.717, 1.165) is 35.4 Å². The Labute approximate surface area is 176 Å². The highest BCUT2D eigenvalue weighted by Crippen LogP contribution is 2.34. The normalized spacial score (nSPS) is 23.8. The quantitative estimate of drug-likeness (QED) is 0.722. The van der Waals surface area contributed by atoms with E-state index in [0.29, 0.717) is 5.17 Å². The standard InChI is InChI=1S/C22H28N4O2S/c1-13-6-7-15(3)17(9-13)23-19(27)10-18-20(28)24-21(29-18)26-25-16-8-14(2)11-22(4,5)12-16/h6-9,18H,10-12H2,1-5H3,(H,23,27)(H,24,26,28)/b25-16+. The summed E-state index contributed by atoms with van der Waals surface area (Å²) >= 11 is 1.26. The second-order valence-electron chi connectivity index (χ2n) is 8.67. The largest absolute Gasteiger partial charge is 0.326 e. The predicted molar refractivity (Wildman–Crippen MR) is 120 cm³/mol. The molecule has 0 aromatic heterocycles. The van der Waals surface area contributed by atoms with Gasteiger partial charge in [0.2, 0.25) is 11.8 Å². The Balaban J connectivity index is 1.62. The van der Waals surface area contributed by atoms with Crippen molar-refractivity contribution in [1.82, 2.24) is 5.32 Å². The summed E-state index contributed by atoms with van der Waals surface area (Å²) < 4.78 is 0. The lowest BCUT2D eigenvalue weighted by Gasteiger charge is -2.28. The Bertz CT molecular complexity index is 931. The number of nitrogens with zero attached hydrogens (tertiary/aromatic N) is 2. The highest BCUT2D eigenvalue weighted by molar-refractivity contribution is 8.15. The molecule has 1 aliphatic heterocycles. The SMILES string of the molecule is CC1=C/C(=N\N=C2\NC(=O)C(CC(=O)Nc3cc(C)ccc3C)S2)CC(C)(C)C1. The zero-order chi connectivity index (χ0) is 21.2. The van der Waals surface area contributed by atoms with Crippen LogP contribution in [0.25, 0.3) is 0 Å². The minimum absolute atomic E-state index is 0.0888. The van der Waals surface area contributed by atoms with Gasteiger partial charge < -0.3 is 10.6 Å². The first-order chi connectivity index (χ1) is 13.6. The van der Waals surface area contributed by atoms with Gasteiger partial charge in [-0.25, -0.2) is 0 Å². The summed E-state index contributed by atoms with van der Waals surface area (Å²) in [4.78, 5) is 24.7. The first-order valence-corrected chi connectivity index (χ1v) is 10.7. The van der Waals surface area contributed by atoms with Gasteiger partial charge in [0.1, 0.15) is 5.25 Å². The van der Waals surface area contributed by atoms with Crippen LogP contribution >= 0.6 is 11.8 Å². The fourth-order valence-corrected chi connectivity index (χ4v) is 4.61. The molecular formula is C22H28N4O2S. The molecule has 1 aromatic rings. The van der Waals surface area contributed by atoms with Crippen molar-refractivity contribution in [3.63, 3.8) is 0 Å². The maximum Gasteiger partial charge on any atom is 0.240 e. The van der Waals surface area contributed by atoms with Gasteiger partial charge in [0.05, 0.1) is 5.71 Å². The van der Waals surface area contributed by atoms with Crippen LogP contribution < -0.4 is 10.6 Å². The first kappa shape index (κ1) is 21.3. The number of carbonyl (C=O) groups excluding carboxylic acids is 2. The summed E-state index contributed by atoms with van der Waals surface area (Å²) in [6, 6.07) is 5.90. The number of carbonyl (C=O) groups is 2. The molecule has 29 heavy (non-hydrogen) atoms. The van der Waals surface area contributed by atoms with Gasteiger partial charge in [0.25, 0.3) is 0 Å². The lowest BCUT2D eigenvalue weighted by Crippen LogP contribution is -2.28. The number of amidine groups is 1. The molecule has 1 fully saturated rings. The number of anilines is 1. The summed E-state index contributed by atoms with van der Waals surface area (Å²) in [6.45, 7) is 10.4. The van der Waals surface area contributed by atoms with Crippen LogP contribution in [0.3, 0.4) is 0 Å². The molecule has 2 amide bonds. The smallest absolute Gasteiger partial charge is 0.240 e. The van der Waals surface area contributed by atoms with Gasteiger partial charge in [-0.05, 0) is 62.3 Å². The van der Waals surface area contributed by atoms with E-state index in [1.54, 1.807) is 0 Å². The Hall–Kier alpha value is -2.41. The molecular weight excluding hydrogens is 384 g/mol. The molecule has 0 saturated carbocycles. The summed E-state index contributed by atoms with van der Waals surface area (Å²) in [6.07, 6.45) is 4.05. The second-order valence-corrected chi connectivity index (χ2v) is 9.86. The number of hydrogen-bond donors (Lipinski definition) is 2. The summed E-state index contributed by atoms with van der Waals surface area (Å²) in [5.74, 6) is -0.396. The van der Waals surface area contributed by atoms with Gasteiger partial charge in [-0.2, -0.15) is 5.10 Å². The van der Waals surface area contributed by atoms with Crippen LogP contribution in [-0.2, 0) is 9.59 Å². The minimum Gasteiger partial charge on any atom is -0.326 e. The molecule has 1 saturated heterocycles. The van der Waals surface area contributed by atoms with Crippen molar-refractivity contribution in [3.05, 3.63) is 41.0 Å². The highest BCUT2D eigenvalue weighted by atomic mass is 32.2. The van der Waals surface area contributed by atoms with Crippen LogP contribution in [0, 0.1) is 19.3 Å². The number of allylic oxidation sites excluding steroid dienone is 2. The fourth-order valence-electron chi connectivity index (χ4n) is 3.69. The van der Waals surface area contributed by atoms with Crippen molar-refractivity contribution in [2.24, 2.45) is 15.6 Å². The second kappa shape index (κ2) is 8.53. The molecule has 154 valence electrons. The molecule has 0 spiro atoms. The fraction of sp³-hybridized carbons (Fsp3) is 0.455. The molecule has 1 heterocycles. The zero-order valence-corrected chi connectivity index (χ0v) is 18.4. The number of benzene rings is 1. The van der Waals surface area contributed by atoms with E-state index in [1.807, 2.05) is 32.0 Å². The number of rotatable bonds is 4. The number of hydrogen-bond acceptors (Lipinski definition) is 5. The first-order valence-electron chi connectivity index (χ1n) is 9.78. The Morgan fingerprint density at radius 2 is 2.00 bits per heavy atom. The van der Waals surface area contributed by atoms with Gasteiger partial charge in [-0.15, -0.1) is 5.10 Å². The highest BCUT2D eigenvalue weighted by Gasteiger charge is 2.32. The van der Waals surface area contributed by atoms with E-state index in [-0.39, 0.29) is 23.7 Å². The van der Waals surface area contributed by atoms with Gasteiger partial charge >= 0.3 is 0 Å². The van der Waals surface area contributed by atoms with E-state index in [1.165, 1.54) is 17.3 Å². The van der Waals surface area contributed by atoms with Crippen LogP contribution in [0.15, 0.2) is 40.1 Å². The average Bonchev–Trinajstić information content (AvgIpc) is 2.94. The van der Waals surface area contributed by atoms with Crippen LogP contribution in [0.2, 0.25) is 0 Å². The third kappa shape index (κ3) is 5.79. The summed E-state index contributed by atoms with van der Waals surface area (Å²) in [5, 5.41) is 14.1. The topological polar surface area (TPSA) is 82.9 Å². The monoisotopic (exact) mass is 412 g/mol. The molecule has 1 unspecified atom stereocenters. The number of aryl methyl sites for hydroxylation is 2. The molecule has 0 radical (unpaired) electrons. The van der Waals surface area contributed by atoms with Gasteiger partial charge in [-0.3, -0.25) is 9.59 Å². The van der Waals surface area contributed by atoms with Crippen LogP contribution in [0.5, 0.6) is 0 Å². The van der Waals surface area contributed by atoms with E-state index in [9.17, 15) is 9.59 Å².